The minimum Gasteiger partial charge on any atom is -0.497 e. The number of rotatable bonds is 4. The average Bonchev–Trinajstić information content (AvgIpc) is 2.69. The minimum absolute atomic E-state index is 0.369. The molecule has 0 saturated heterocycles. The Morgan fingerprint density at radius 3 is 1.81 bits per heavy atom. The van der Waals surface area contributed by atoms with Gasteiger partial charge in [-0.3, -0.25) is 0 Å². The summed E-state index contributed by atoms with van der Waals surface area (Å²) in [6, 6.07) is 25.6. The molecule has 0 amide bonds. The molecule has 0 heterocycles. The SMILES string of the molecule is COc1ccc(-c2ccccc2)cc1.C[SiH](C)c1ccc(C(=O)O)cc1. The highest BCUT2D eigenvalue weighted by Gasteiger charge is 2.03. The van der Waals surface area contributed by atoms with Crippen LogP contribution in [0.25, 0.3) is 11.1 Å². The zero-order valence-corrected chi connectivity index (χ0v) is 16.5. The molecule has 0 aliphatic rings. The van der Waals surface area contributed by atoms with Gasteiger partial charge >= 0.3 is 5.97 Å². The Bertz CT molecular complexity index is 810. The highest BCUT2D eigenvalue weighted by molar-refractivity contribution is 6.70. The molecule has 0 aromatic heterocycles. The summed E-state index contributed by atoms with van der Waals surface area (Å²) in [5.74, 6) is 0.0386. The predicted octanol–water partition coefficient (Wildman–Crippen LogP) is 4.44. The second-order valence-corrected chi connectivity index (χ2v) is 9.15. The van der Waals surface area contributed by atoms with E-state index in [0.717, 1.165) is 5.75 Å². The third-order valence-corrected chi connectivity index (χ3v) is 5.74. The molecule has 0 aliphatic carbocycles. The van der Waals surface area contributed by atoms with E-state index in [-0.39, 0.29) is 0 Å². The lowest BCUT2D eigenvalue weighted by Crippen LogP contribution is -2.22. The first kappa shape index (κ1) is 19.5. The summed E-state index contributed by atoms with van der Waals surface area (Å²) >= 11 is 0. The van der Waals surface area contributed by atoms with E-state index >= 15 is 0 Å². The van der Waals surface area contributed by atoms with Crippen molar-refractivity contribution in [1.82, 2.24) is 0 Å². The number of carbonyl (C=O) groups is 1. The molecule has 3 rings (SSSR count). The number of ether oxygens (including phenoxy) is 1. The molecule has 1 N–H and O–H groups in total. The molecule has 3 nitrogen and oxygen atoms in total. The normalized spacial score (nSPS) is 10.0. The maximum atomic E-state index is 10.5. The van der Waals surface area contributed by atoms with Gasteiger partial charge in [0, 0.05) is 0 Å². The van der Waals surface area contributed by atoms with Crippen molar-refractivity contribution in [2.75, 3.05) is 7.11 Å². The first-order chi connectivity index (χ1) is 12.5. The molecule has 26 heavy (non-hydrogen) atoms. The quantitative estimate of drug-likeness (QED) is 0.696. The zero-order valence-electron chi connectivity index (χ0n) is 15.3. The van der Waals surface area contributed by atoms with E-state index in [1.807, 2.05) is 42.5 Å². The predicted molar refractivity (Wildman–Crippen MR) is 110 cm³/mol. The van der Waals surface area contributed by atoms with Gasteiger partial charge in [-0.15, -0.1) is 0 Å². The van der Waals surface area contributed by atoms with Gasteiger partial charge in [0.2, 0.25) is 0 Å². The van der Waals surface area contributed by atoms with E-state index in [1.165, 1.54) is 16.3 Å². The maximum absolute atomic E-state index is 10.5. The van der Waals surface area contributed by atoms with Crippen LogP contribution in [0.2, 0.25) is 13.1 Å². The van der Waals surface area contributed by atoms with Crippen LogP contribution in [0.15, 0.2) is 78.9 Å². The Morgan fingerprint density at radius 1 is 0.808 bits per heavy atom. The Hall–Kier alpha value is -2.85. The van der Waals surface area contributed by atoms with E-state index < -0.39 is 14.8 Å². The number of carboxylic acid groups (broad SMARTS) is 1. The summed E-state index contributed by atoms with van der Waals surface area (Å²) in [4.78, 5) is 10.5. The molecule has 134 valence electrons. The van der Waals surface area contributed by atoms with E-state index in [4.69, 9.17) is 9.84 Å². The molecule has 3 aromatic rings. The zero-order chi connectivity index (χ0) is 18.9. The second kappa shape index (κ2) is 9.58. The summed E-state index contributed by atoms with van der Waals surface area (Å²) < 4.78 is 5.11. The molecule has 0 atom stereocenters. The van der Waals surface area contributed by atoms with E-state index in [2.05, 4.69) is 37.4 Å². The van der Waals surface area contributed by atoms with Crippen LogP contribution in [0.4, 0.5) is 0 Å². The molecule has 4 heteroatoms. The molecule has 0 spiro atoms. The largest absolute Gasteiger partial charge is 0.497 e. The molecular formula is C22H24O3Si. The molecule has 0 saturated carbocycles. The summed E-state index contributed by atoms with van der Waals surface area (Å²) in [6.45, 7) is 4.44. The van der Waals surface area contributed by atoms with Crippen LogP contribution in [-0.4, -0.2) is 27.0 Å². The van der Waals surface area contributed by atoms with Gasteiger partial charge in [-0.25, -0.2) is 4.79 Å². The average molecular weight is 365 g/mol. The Balaban J connectivity index is 0.000000190. The first-order valence-electron chi connectivity index (χ1n) is 8.54. The van der Waals surface area contributed by atoms with Gasteiger partial charge in [-0.05, 0) is 35.4 Å². The fourth-order valence-corrected chi connectivity index (χ4v) is 3.39. The van der Waals surface area contributed by atoms with Crippen molar-refractivity contribution in [2.45, 2.75) is 13.1 Å². The molecule has 0 radical (unpaired) electrons. The minimum atomic E-state index is -0.855. The lowest BCUT2D eigenvalue weighted by atomic mass is 10.1. The van der Waals surface area contributed by atoms with Crippen LogP contribution in [0.3, 0.4) is 0 Å². The number of hydrogen-bond donors (Lipinski definition) is 1. The van der Waals surface area contributed by atoms with Gasteiger partial charge in [0.1, 0.15) is 5.75 Å². The summed E-state index contributed by atoms with van der Waals surface area (Å²) in [5.41, 5.74) is 2.81. The lowest BCUT2D eigenvalue weighted by molar-refractivity contribution is 0.0697. The van der Waals surface area contributed by atoms with E-state index in [9.17, 15) is 4.79 Å². The topological polar surface area (TPSA) is 46.5 Å². The van der Waals surface area contributed by atoms with Crippen LogP contribution in [0.1, 0.15) is 10.4 Å². The van der Waals surface area contributed by atoms with Crippen molar-refractivity contribution < 1.29 is 14.6 Å². The monoisotopic (exact) mass is 364 g/mol. The van der Waals surface area contributed by atoms with Crippen molar-refractivity contribution in [3.05, 3.63) is 84.4 Å². The van der Waals surface area contributed by atoms with Crippen molar-refractivity contribution in [3.63, 3.8) is 0 Å². The molecule has 0 aliphatic heterocycles. The third-order valence-electron chi connectivity index (χ3n) is 4.02. The van der Waals surface area contributed by atoms with Crippen LogP contribution >= 0.6 is 0 Å². The Kier molecular flexibility index (Phi) is 7.18. The van der Waals surface area contributed by atoms with Crippen LogP contribution in [0.5, 0.6) is 5.75 Å². The second-order valence-electron chi connectivity index (χ2n) is 6.18. The summed E-state index contributed by atoms with van der Waals surface area (Å²) in [6.07, 6.45) is 0. The van der Waals surface area contributed by atoms with Gasteiger partial charge in [0.05, 0.1) is 21.5 Å². The van der Waals surface area contributed by atoms with E-state index in [1.54, 1.807) is 19.2 Å². The van der Waals surface area contributed by atoms with Crippen molar-refractivity contribution in [3.8, 4) is 16.9 Å². The summed E-state index contributed by atoms with van der Waals surface area (Å²) in [5, 5.41) is 9.93. The van der Waals surface area contributed by atoms with Crippen LogP contribution in [-0.2, 0) is 0 Å². The molecule has 0 unspecified atom stereocenters. The smallest absolute Gasteiger partial charge is 0.335 e. The van der Waals surface area contributed by atoms with Gasteiger partial charge in [0.15, 0.2) is 0 Å². The highest BCUT2D eigenvalue weighted by Crippen LogP contribution is 2.21. The standard InChI is InChI=1S/C13H12O.C9H12O2Si/c1-14-13-9-7-12(8-10-13)11-5-3-2-4-6-11;1-12(2)8-5-3-7(4-6-8)9(10)11/h2-10H,1H3;3-6,12H,1-2H3,(H,10,11). The van der Waals surface area contributed by atoms with Crippen molar-refractivity contribution >= 4 is 20.0 Å². The maximum Gasteiger partial charge on any atom is 0.335 e. The number of carboxylic acids is 1. The number of methoxy groups -OCH3 is 1. The lowest BCUT2D eigenvalue weighted by Gasteiger charge is -2.02. The van der Waals surface area contributed by atoms with Gasteiger partial charge in [-0.1, -0.05) is 72.9 Å². The van der Waals surface area contributed by atoms with Crippen LogP contribution < -0.4 is 9.92 Å². The molecular weight excluding hydrogens is 340 g/mol. The Morgan fingerprint density at radius 2 is 1.35 bits per heavy atom. The fourth-order valence-electron chi connectivity index (χ4n) is 2.42. The number of aromatic carboxylic acids is 1. The van der Waals surface area contributed by atoms with Gasteiger partial charge in [-0.2, -0.15) is 0 Å². The third kappa shape index (κ3) is 5.60. The molecule has 0 fully saturated rings. The van der Waals surface area contributed by atoms with Crippen molar-refractivity contribution in [1.29, 1.82) is 0 Å². The first-order valence-corrected chi connectivity index (χ1v) is 11.4. The summed E-state index contributed by atoms with van der Waals surface area (Å²) in [7, 11) is 0.904. The fraction of sp³-hybridized carbons (Fsp3) is 0.136. The highest BCUT2D eigenvalue weighted by atomic mass is 28.3. The van der Waals surface area contributed by atoms with Crippen molar-refractivity contribution in [2.24, 2.45) is 0 Å². The van der Waals surface area contributed by atoms with Gasteiger partial charge in [0.25, 0.3) is 0 Å². The Labute approximate surface area is 156 Å². The van der Waals surface area contributed by atoms with Crippen LogP contribution in [0, 0.1) is 0 Å². The van der Waals surface area contributed by atoms with E-state index in [0.29, 0.717) is 5.56 Å². The molecule has 0 bridgehead atoms. The van der Waals surface area contributed by atoms with Gasteiger partial charge < -0.3 is 9.84 Å². The number of hydrogen-bond acceptors (Lipinski definition) is 2. The molecule has 3 aromatic carbocycles. The number of benzene rings is 3.